The number of anilines is 1. The molecule has 0 atom stereocenters. The Morgan fingerprint density at radius 3 is 2.59 bits per heavy atom. The topological polar surface area (TPSA) is 61.9 Å². The summed E-state index contributed by atoms with van der Waals surface area (Å²) >= 11 is 0. The Labute approximate surface area is 132 Å². The lowest BCUT2D eigenvalue weighted by atomic mass is 10.0. The number of unbranched alkanes of at least 4 members (excludes halogenated alkanes) is 1. The molecule has 0 aliphatic heterocycles. The molecule has 0 amide bonds. The van der Waals surface area contributed by atoms with E-state index in [-0.39, 0.29) is 5.84 Å². The van der Waals surface area contributed by atoms with Crippen molar-refractivity contribution in [3.63, 3.8) is 0 Å². The Morgan fingerprint density at radius 1 is 1.14 bits per heavy atom. The molecule has 0 aliphatic carbocycles. The zero-order chi connectivity index (χ0) is 15.8. The second-order valence-electron chi connectivity index (χ2n) is 5.31. The van der Waals surface area contributed by atoms with Gasteiger partial charge in [0.2, 0.25) is 0 Å². The Bertz CT molecular complexity index is 645. The van der Waals surface area contributed by atoms with Gasteiger partial charge in [-0.2, -0.15) is 0 Å². The maximum absolute atomic E-state index is 7.57. The van der Waals surface area contributed by atoms with E-state index in [0.29, 0.717) is 0 Å². The Kier molecular flexibility index (Phi) is 5.78. The van der Waals surface area contributed by atoms with Crippen LogP contribution < -0.4 is 11.1 Å². The van der Waals surface area contributed by atoms with E-state index in [9.17, 15) is 0 Å². The molecular formula is C19H23N3. The van der Waals surface area contributed by atoms with Crippen LogP contribution in [0, 0.1) is 5.41 Å². The fraction of sp³-hybridized carbons (Fsp3) is 0.211. The summed E-state index contributed by atoms with van der Waals surface area (Å²) in [7, 11) is 0. The first-order valence-corrected chi connectivity index (χ1v) is 7.66. The van der Waals surface area contributed by atoms with Crippen molar-refractivity contribution in [2.75, 3.05) is 5.32 Å². The third kappa shape index (κ3) is 4.77. The average Bonchev–Trinajstić information content (AvgIpc) is 2.53. The van der Waals surface area contributed by atoms with Crippen LogP contribution in [0.3, 0.4) is 0 Å². The molecule has 114 valence electrons. The summed E-state index contributed by atoms with van der Waals surface area (Å²) in [6.45, 7) is 2.20. The van der Waals surface area contributed by atoms with Crippen LogP contribution in [0.1, 0.15) is 30.9 Å². The molecule has 2 aromatic carbocycles. The molecular weight excluding hydrogens is 270 g/mol. The first-order chi connectivity index (χ1) is 10.7. The molecule has 0 bridgehead atoms. The Hall–Kier alpha value is -2.55. The smallest absolute Gasteiger partial charge is 0.117 e. The molecule has 0 radical (unpaired) electrons. The number of hydrogen-bond donors (Lipinski definition) is 3. The number of benzene rings is 2. The SMILES string of the molecule is CCCCc1cccc(/C(=C/C(=N)N)Nc2ccccc2)c1. The molecule has 3 nitrogen and oxygen atoms in total. The minimum atomic E-state index is 0.0393. The second-order valence-corrected chi connectivity index (χ2v) is 5.31. The van der Waals surface area contributed by atoms with Crippen molar-refractivity contribution < 1.29 is 0 Å². The largest absolute Gasteiger partial charge is 0.384 e. The van der Waals surface area contributed by atoms with E-state index < -0.39 is 0 Å². The van der Waals surface area contributed by atoms with Crippen LogP contribution >= 0.6 is 0 Å². The Morgan fingerprint density at radius 2 is 1.91 bits per heavy atom. The lowest BCUT2D eigenvalue weighted by Gasteiger charge is -2.13. The average molecular weight is 293 g/mol. The first-order valence-electron chi connectivity index (χ1n) is 7.66. The molecule has 0 aromatic heterocycles. The van der Waals surface area contributed by atoms with Crippen LogP contribution in [-0.2, 0) is 6.42 Å². The third-order valence-corrected chi connectivity index (χ3v) is 3.41. The molecule has 0 spiro atoms. The van der Waals surface area contributed by atoms with Crippen molar-refractivity contribution in [3.8, 4) is 0 Å². The van der Waals surface area contributed by atoms with Crippen molar-refractivity contribution in [1.29, 1.82) is 5.41 Å². The van der Waals surface area contributed by atoms with E-state index in [1.165, 1.54) is 18.4 Å². The van der Waals surface area contributed by atoms with E-state index in [1.807, 2.05) is 36.4 Å². The molecule has 0 saturated carbocycles. The summed E-state index contributed by atoms with van der Waals surface area (Å²) in [4.78, 5) is 0. The maximum Gasteiger partial charge on any atom is 0.117 e. The minimum Gasteiger partial charge on any atom is -0.384 e. The van der Waals surface area contributed by atoms with Gasteiger partial charge in [0.25, 0.3) is 0 Å². The highest BCUT2D eigenvalue weighted by Gasteiger charge is 2.04. The summed E-state index contributed by atoms with van der Waals surface area (Å²) in [6.07, 6.45) is 5.10. The molecule has 0 saturated heterocycles. The fourth-order valence-electron chi connectivity index (χ4n) is 2.30. The first kappa shape index (κ1) is 15.8. The highest BCUT2D eigenvalue weighted by molar-refractivity contribution is 5.98. The monoisotopic (exact) mass is 293 g/mol. The molecule has 3 heteroatoms. The lowest BCUT2D eigenvalue weighted by molar-refractivity contribution is 0.795. The number of hydrogen-bond acceptors (Lipinski definition) is 2. The van der Waals surface area contributed by atoms with Gasteiger partial charge in [-0.25, -0.2) is 0 Å². The van der Waals surface area contributed by atoms with Crippen molar-refractivity contribution >= 4 is 17.2 Å². The van der Waals surface area contributed by atoms with Gasteiger partial charge in [-0.05, 0) is 42.2 Å². The number of nitrogens with one attached hydrogen (secondary N) is 2. The highest BCUT2D eigenvalue weighted by atomic mass is 14.9. The Balaban J connectivity index is 2.28. The normalized spacial score (nSPS) is 11.2. The lowest BCUT2D eigenvalue weighted by Crippen LogP contribution is -2.09. The number of nitrogens with two attached hydrogens (primary N) is 1. The second kappa shape index (κ2) is 8.03. The van der Waals surface area contributed by atoms with Crippen LogP contribution in [0.25, 0.3) is 5.70 Å². The predicted octanol–water partition coefficient (Wildman–Crippen LogP) is 4.42. The zero-order valence-electron chi connectivity index (χ0n) is 13.0. The molecule has 2 rings (SSSR count). The number of rotatable bonds is 7. The van der Waals surface area contributed by atoms with Crippen molar-refractivity contribution in [3.05, 3.63) is 71.8 Å². The predicted molar refractivity (Wildman–Crippen MR) is 95.0 cm³/mol. The number of amidine groups is 1. The standard InChI is InChI=1S/C19H23N3/c1-2-3-8-15-9-7-10-16(13-15)18(14-19(20)21)22-17-11-5-4-6-12-17/h4-7,9-14,22H,2-3,8H2,1H3,(H3,20,21)/b18-14-. The van der Waals surface area contributed by atoms with Gasteiger partial charge < -0.3 is 11.1 Å². The van der Waals surface area contributed by atoms with Gasteiger partial charge >= 0.3 is 0 Å². The van der Waals surface area contributed by atoms with Gasteiger partial charge in [-0.15, -0.1) is 0 Å². The van der Waals surface area contributed by atoms with Gasteiger partial charge in [0.15, 0.2) is 0 Å². The third-order valence-electron chi connectivity index (χ3n) is 3.41. The maximum atomic E-state index is 7.57. The fourth-order valence-corrected chi connectivity index (χ4v) is 2.30. The van der Waals surface area contributed by atoms with E-state index in [4.69, 9.17) is 11.1 Å². The van der Waals surface area contributed by atoms with E-state index in [0.717, 1.165) is 23.4 Å². The van der Waals surface area contributed by atoms with Gasteiger partial charge in [0.1, 0.15) is 5.84 Å². The summed E-state index contributed by atoms with van der Waals surface area (Å²) < 4.78 is 0. The molecule has 0 aliphatic rings. The van der Waals surface area contributed by atoms with Gasteiger partial charge in [-0.3, -0.25) is 5.41 Å². The van der Waals surface area contributed by atoms with Gasteiger partial charge in [0, 0.05) is 17.5 Å². The van der Waals surface area contributed by atoms with Crippen LogP contribution in [0.5, 0.6) is 0 Å². The van der Waals surface area contributed by atoms with Crippen LogP contribution in [-0.4, -0.2) is 5.84 Å². The molecule has 0 unspecified atom stereocenters. The molecule has 2 aromatic rings. The number of para-hydroxylation sites is 1. The summed E-state index contributed by atoms with van der Waals surface area (Å²) in [5, 5.41) is 10.9. The summed E-state index contributed by atoms with van der Waals surface area (Å²) in [5.41, 5.74) is 9.75. The zero-order valence-corrected chi connectivity index (χ0v) is 13.0. The minimum absolute atomic E-state index is 0.0393. The van der Waals surface area contributed by atoms with Crippen LogP contribution in [0.2, 0.25) is 0 Å². The summed E-state index contributed by atoms with van der Waals surface area (Å²) in [5.74, 6) is 0.0393. The highest BCUT2D eigenvalue weighted by Crippen LogP contribution is 2.20. The van der Waals surface area contributed by atoms with E-state index >= 15 is 0 Å². The van der Waals surface area contributed by atoms with Crippen molar-refractivity contribution in [2.45, 2.75) is 26.2 Å². The van der Waals surface area contributed by atoms with Crippen LogP contribution in [0.15, 0.2) is 60.7 Å². The molecule has 0 fully saturated rings. The number of aryl methyl sites for hydroxylation is 1. The van der Waals surface area contributed by atoms with E-state index in [1.54, 1.807) is 6.08 Å². The van der Waals surface area contributed by atoms with Crippen LogP contribution in [0.4, 0.5) is 5.69 Å². The van der Waals surface area contributed by atoms with E-state index in [2.05, 4.69) is 30.4 Å². The summed E-state index contributed by atoms with van der Waals surface area (Å²) in [6, 6.07) is 18.3. The molecule has 4 N–H and O–H groups in total. The van der Waals surface area contributed by atoms with Gasteiger partial charge in [0.05, 0.1) is 0 Å². The molecule has 0 heterocycles. The van der Waals surface area contributed by atoms with Crippen molar-refractivity contribution in [1.82, 2.24) is 0 Å². The van der Waals surface area contributed by atoms with Gasteiger partial charge in [-0.1, -0.05) is 49.7 Å². The quantitative estimate of drug-likeness (QED) is 0.523. The van der Waals surface area contributed by atoms with Crippen molar-refractivity contribution in [2.24, 2.45) is 5.73 Å². The molecule has 22 heavy (non-hydrogen) atoms.